The molecular weight excluding hydrogens is 276 g/mol. The van der Waals surface area contributed by atoms with Crippen molar-refractivity contribution in [2.75, 3.05) is 13.1 Å². The summed E-state index contributed by atoms with van der Waals surface area (Å²) in [7, 11) is 1.68. The Bertz CT molecular complexity index is 528. The predicted octanol–water partition coefficient (Wildman–Crippen LogP) is -0.0419. The molecule has 116 valence electrons. The standard InChI is InChI=1S/C13H20N4O4/c1-8(18)9-3-4-17(7-9)13(21)15-11(12(19)20)10-5-14-16(2)6-10/h5-6,8-9,11,18H,3-4,7H2,1-2H3,(H,15,21)(H,19,20). The molecule has 1 aromatic rings. The number of hydrogen-bond acceptors (Lipinski definition) is 4. The van der Waals surface area contributed by atoms with Gasteiger partial charge in [0, 0.05) is 37.8 Å². The molecule has 1 aromatic heterocycles. The van der Waals surface area contributed by atoms with Crippen molar-refractivity contribution < 1.29 is 19.8 Å². The number of nitrogens with one attached hydrogen (secondary N) is 1. The second kappa shape index (κ2) is 6.13. The molecule has 3 atom stereocenters. The van der Waals surface area contributed by atoms with Crippen molar-refractivity contribution in [3.63, 3.8) is 0 Å². The summed E-state index contributed by atoms with van der Waals surface area (Å²) in [6.45, 7) is 2.64. The second-order valence-corrected chi connectivity index (χ2v) is 5.40. The predicted molar refractivity (Wildman–Crippen MR) is 73.5 cm³/mol. The Balaban J connectivity index is 2.01. The zero-order chi connectivity index (χ0) is 15.6. The van der Waals surface area contributed by atoms with Crippen LogP contribution < -0.4 is 5.32 Å². The van der Waals surface area contributed by atoms with Crippen molar-refractivity contribution in [2.24, 2.45) is 13.0 Å². The zero-order valence-corrected chi connectivity index (χ0v) is 12.1. The molecule has 1 saturated heterocycles. The minimum absolute atomic E-state index is 0.0393. The van der Waals surface area contributed by atoms with Crippen molar-refractivity contribution >= 4 is 12.0 Å². The third-order valence-electron chi connectivity index (χ3n) is 3.77. The first-order valence-electron chi connectivity index (χ1n) is 6.83. The third kappa shape index (κ3) is 3.52. The average molecular weight is 296 g/mol. The average Bonchev–Trinajstić information content (AvgIpc) is 3.04. The number of nitrogens with zero attached hydrogens (tertiary/aromatic N) is 3. The lowest BCUT2D eigenvalue weighted by molar-refractivity contribution is -0.139. The lowest BCUT2D eigenvalue weighted by atomic mass is 10.0. The van der Waals surface area contributed by atoms with E-state index in [4.69, 9.17) is 0 Å². The quantitative estimate of drug-likeness (QED) is 0.722. The van der Waals surface area contributed by atoms with Crippen molar-refractivity contribution in [3.8, 4) is 0 Å². The molecule has 0 spiro atoms. The topological polar surface area (TPSA) is 108 Å². The van der Waals surface area contributed by atoms with E-state index in [1.165, 1.54) is 15.8 Å². The number of carbonyl (C=O) groups excluding carboxylic acids is 1. The fourth-order valence-electron chi connectivity index (χ4n) is 2.46. The molecule has 2 heterocycles. The molecule has 3 N–H and O–H groups in total. The Morgan fingerprint density at radius 1 is 1.52 bits per heavy atom. The number of carboxylic acid groups (broad SMARTS) is 1. The van der Waals surface area contributed by atoms with Gasteiger partial charge in [-0.3, -0.25) is 4.68 Å². The van der Waals surface area contributed by atoms with Crippen LogP contribution in [0.3, 0.4) is 0 Å². The summed E-state index contributed by atoms with van der Waals surface area (Å²) in [6, 6.07) is -1.56. The molecule has 0 aromatic carbocycles. The van der Waals surface area contributed by atoms with Crippen LogP contribution in [0, 0.1) is 5.92 Å². The lowest BCUT2D eigenvalue weighted by Crippen LogP contribution is -2.43. The summed E-state index contributed by atoms with van der Waals surface area (Å²) >= 11 is 0. The number of rotatable bonds is 4. The van der Waals surface area contributed by atoms with E-state index in [2.05, 4.69) is 10.4 Å². The summed E-state index contributed by atoms with van der Waals surface area (Å²) in [5.74, 6) is -1.10. The van der Waals surface area contributed by atoms with Crippen LogP contribution in [0.1, 0.15) is 24.9 Å². The van der Waals surface area contributed by atoms with Gasteiger partial charge in [-0.2, -0.15) is 5.10 Å². The summed E-state index contributed by atoms with van der Waals surface area (Å²) < 4.78 is 1.48. The fraction of sp³-hybridized carbons (Fsp3) is 0.615. The number of aryl methyl sites for hydroxylation is 1. The first-order chi connectivity index (χ1) is 9.88. The van der Waals surface area contributed by atoms with Crippen LogP contribution in [0.25, 0.3) is 0 Å². The van der Waals surface area contributed by atoms with Gasteiger partial charge < -0.3 is 20.4 Å². The molecule has 0 saturated carbocycles. The Morgan fingerprint density at radius 3 is 2.71 bits per heavy atom. The molecule has 1 aliphatic heterocycles. The monoisotopic (exact) mass is 296 g/mol. The number of urea groups is 1. The van der Waals surface area contributed by atoms with Crippen LogP contribution in [-0.2, 0) is 11.8 Å². The number of likely N-dealkylation sites (tertiary alicyclic amines) is 1. The van der Waals surface area contributed by atoms with Gasteiger partial charge in [0.15, 0.2) is 6.04 Å². The van der Waals surface area contributed by atoms with Gasteiger partial charge in [-0.15, -0.1) is 0 Å². The number of aliphatic hydroxyl groups excluding tert-OH is 1. The molecule has 2 amide bonds. The van der Waals surface area contributed by atoms with Crippen molar-refractivity contribution in [1.29, 1.82) is 0 Å². The van der Waals surface area contributed by atoms with E-state index in [0.29, 0.717) is 18.7 Å². The van der Waals surface area contributed by atoms with Gasteiger partial charge in [-0.1, -0.05) is 0 Å². The maximum atomic E-state index is 12.2. The minimum atomic E-state index is -1.14. The second-order valence-electron chi connectivity index (χ2n) is 5.40. The first-order valence-corrected chi connectivity index (χ1v) is 6.83. The Hall–Kier alpha value is -2.09. The highest BCUT2D eigenvalue weighted by Crippen LogP contribution is 2.20. The molecule has 21 heavy (non-hydrogen) atoms. The highest BCUT2D eigenvalue weighted by Gasteiger charge is 2.32. The van der Waals surface area contributed by atoms with Crippen LogP contribution in [-0.4, -0.2) is 56.1 Å². The van der Waals surface area contributed by atoms with Gasteiger partial charge in [0.05, 0.1) is 12.3 Å². The van der Waals surface area contributed by atoms with Crippen molar-refractivity contribution in [2.45, 2.75) is 25.5 Å². The molecular formula is C13H20N4O4. The maximum absolute atomic E-state index is 12.2. The summed E-state index contributed by atoms with van der Waals surface area (Å²) in [6.07, 6.45) is 3.22. The van der Waals surface area contributed by atoms with E-state index < -0.39 is 24.1 Å². The smallest absolute Gasteiger partial charge is 0.331 e. The molecule has 8 nitrogen and oxygen atoms in total. The van der Waals surface area contributed by atoms with Gasteiger partial charge in [0.25, 0.3) is 0 Å². The molecule has 1 aliphatic rings. The number of carboxylic acids is 1. The fourth-order valence-corrected chi connectivity index (χ4v) is 2.46. The maximum Gasteiger partial charge on any atom is 0.331 e. The number of carbonyl (C=O) groups is 2. The zero-order valence-electron chi connectivity index (χ0n) is 12.1. The van der Waals surface area contributed by atoms with Crippen LogP contribution in [0.5, 0.6) is 0 Å². The molecule has 1 fully saturated rings. The number of aromatic nitrogens is 2. The third-order valence-corrected chi connectivity index (χ3v) is 3.77. The van der Waals surface area contributed by atoms with E-state index in [0.717, 1.165) is 6.42 Å². The number of aliphatic hydroxyl groups is 1. The van der Waals surface area contributed by atoms with Gasteiger partial charge in [-0.25, -0.2) is 9.59 Å². The lowest BCUT2D eigenvalue weighted by Gasteiger charge is -2.21. The summed E-state index contributed by atoms with van der Waals surface area (Å²) in [5.41, 5.74) is 0.421. The van der Waals surface area contributed by atoms with Crippen LogP contribution in [0.15, 0.2) is 12.4 Å². The van der Waals surface area contributed by atoms with Gasteiger partial charge >= 0.3 is 12.0 Å². The van der Waals surface area contributed by atoms with E-state index in [9.17, 15) is 19.8 Å². The summed E-state index contributed by atoms with van der Waals surface area (Å²) in [5, 5.41) is 25.2. The number of aliphatic carboxylic acids is 1. The van der Waals surface area contributed by atoms with Gasteiger partial charge in [-0.05, 0) is 13.3 Å². The Kier molecular flexibility index (Phi) is 4.46. The van der Waals surface area contributed by atoms with Gasteiger partial charge in [0.1, 0.15) is 0 Å². The molecule has 2 rings (SSSR count). The molecule has 0 bridgehead atoms. The van der Waals surface area contributed by atoms with Crippen LogP contribution >= 0.6 is 0 Å². The minimum Gasteiger partial charge on any atom is -0.479 e. The molecule has 0 aliphatic carbocycles. The summed E-state index contributed by atoms with van der Waals surface area (Å²) in [4.78, 5) is 25.0. The highest BCUT2D eigenvalue weighted by atomic mass is 16.4. The molecule has 3 unspecified atom stereocenters. The Labute approximate surface area is 122 Å². The van der Waals surface area contributed by atoms with Crippen molar-refractivity contribution in [3.05, 3.63) is 18.0 Å². The normalized spacial score (nSPS) is 21.1. The van der Waals surface area contributed by atoms with E-state index in [-0.39, 0.29) is 5.92 Å². The highest BCUT2D eigenvalue weighted by molar-refractivity contribution is 5.83. The van der Waals surface area contributed by atoms with E-state index in [1.54, 1.807) is 20.2 Å². The number of hydrogen-bond donors (Lipinski definition) is 3. The van der Waals surface area contributed by atoms with E-state index in [1.807, 2.05) is 0 Å². The first kappa shape index (κ1) is 15.3. The van der Waals surface area contributed by atoms with E-state index >= 15 is 0 Å². The van der Waals surface area contributed by atoms with Gasteiger partial charge in [0.2, 0.25) is 0 Å². The Morgan fingerprint density at radius 2 is 2.24 bits per heavy atom. The molecule has 0 radical (unpaired) electrons. The largest absolute Gasteiger partial charge is 0.479 e. The van der Waals surface area contributed by atoms with Crippen LogP contribution in [0.2, 0.25) is 0 Å². The van der Waals surface area contributed by atoms with Crippen LogP contribution in [0.4, 0.5) is 4.79 Å². The number of amides is 2. The van der Waals surface area contributed by atoms with Crippen molar-refractivity contribution in [1.82, 2.24) is 20.0 Å². The molecule has 8 heteroatoms. The SMILES string of the molecule is CC(O)C1CCN(C(=O)NC(C(=O)O)c2cnn(C)c2)C1.